The van der Waals surface area contributed by atoms with Crippen LogP contribution in [0.2, 0.25) is 0 Å². The van der Waals surface area contributed by atoms with E-state index in [1.807, 2.05) is 0 Å². The predicted octanol–water partition coefficient (Wildman–Crippen LogP) is 0.920. The Kier molecular flexibility index (Phi) is 6.51. The van der Waals surface area contributed by atoms with Crippen LogP contribution in [0.5, 0.6) is 5.75 Å². The quantitative estimate of drug-likeness (QED) is 0.362. The van der Waals surface area contributed by atoms with Crippen LogP contribution >= 0.6 is 0 Å². The number of primary amides is 1. The Balaban J connectivity index is 1.20. The molecule has 0 aliphatic heterocycles. The van der Waals surface area contributed by atoms with Crippen LogP contribution in [0.15, 0.2) is 6.07 Å². The van der Waals surface area contributed by atoms with Crippen LogP contribution in [0.1, 0.15) is 60.0 Å². The van der Waals surface area contributed by atoms with E-state index in [0.717, 1.165) is 11.8 Å². The van der Waals surface area contributed by atoms with Crippen molar-refractivity contribution in [1.82, 2.24) is 10.2 Å². The minimum absolute atomic E-state index is 0.0104. The van der Waals surface area contributed by atoms with Crippen molar-refractivity contribution >= 4 is 29.0 Å². The number of hydrogen-bond donors (Lipinski definition) is 4. The van der Waals surface area contributed by atoms with Crippen molar-refractivity contribution in [3.63, 3.8) is 0 Å². The molecule has 0 aromatic heterocycles. The fraction of sp³-hybridized carbons (Fsp3) is 0.656. The molecule has 6 fully saturated rings. The summed E-state index contributed by atoms with van der Waals surface area (Å²) < 4.78 is 16.1. The van der Waals surface area contributed by atoms with Gasteiger partial charge in [0.1, 0.15) is 11.6 Å². The molecule has 0 saturated heterocycles. The summed E-state index contributed by atoms with van der Waals surface area (Å²) in [5.41, 5.74) is 2.49. The summed E-state index contributed by atoms with van der Waals surface area (Å²) in [6.45, 7) is 0.198. The highest BCUT2D eigenvalue weighted by atomic mass is 19.1. The summed E-state index contributed by atoms with van der Waals surface area (Å²) in [7, 11) is 3.05. The maximum absolute atomic E-state index is 16.1. The number of fused-ring (bicyclic) bond motifs is 3. The lowest BCUT2D eigenvalue weighted by molar-refractivity contribution is -0.181. The van der Waals surface area contributed by atoms with Crippen LogP contribution in [0.25, 0.3) is 0 Å². The minimum atomic E-state index is -2.80. The Hall–Kier alpha value is -3.02. The number of halogens is 1. The smallest absolute Gasteiger partial charge is 0.235 e. The number of nitrogens with zero attached hydrogens (tertiary/aromatic N) is 1. The van der Waals surface area contributed by atoms with Crippen molar-refractivity contribution in [2.24, 2.45) is 53.1 Å². The van der Waals surface area contributed by atoms with Gasteiger partial charge in [-0.25, -0.2) is 4.39 Å². The predicted molar refractivity (Wildman–Crippen MR) is 149 cm³/mol. The number of hydrogen-bond acceptors (Lipinski definition) is 9. The van der Waals surface area contributed by atoms with Crippen LogP contribution in [0.4, 0.5) is 4.39 Å². The van der Waals surface area contributed by atoms with Crippen molar-refractivity contribution in [3.05, 3.63) is 28.6 Å². The first-order valence-electron chi connectivity index (χ1n) is 15.4. The van der Waals surface area contributed by atoms with Crippen molar-refractivity contribution in [3.8, 4) is 5.75 Å². The Morgan fingerprint density at radius 1 is 1.02 bits per heavy atom. The highest BCUT2D eigenvalue weighted by molar-refractivity contribution is 6.32. The first-order chi connectivity index (χ1) is 20.3. The monoisotopic (exact) mass is 595 g/mol. The molecule has 43 heavy (non-hydrogen) atoms. The van der Waals surface area contributed by atoms with Gasteiger partial charge in [0.05, 0.1) is 17.5 Å². The summed E-state index contributed by atoms with van der Waals surface area (Å²) >= 11 is 0. The van der Waals surface area contributed by atoms with Crippen molar-refractivity contribution in [2.45, 2.75) is 69.2 Å². The molecule has 5 N–H and O–H groups in total. The van der Waals surface area contributed by atoms with Gasteiger partial charge in [-0.15, -0.1) is 0 Å². The zero-order chi connectivity index (χ0) is 30.7. The fourth-order valence-corrected chi connectivity index (χ4v) is 10.3. The number of carbonyl (C=O) groups is 5. The highest BCUT2D eigenvalue weighted by Gasteiger charge is 2.69. The lowest BCUT2D eigenvalue weighted by Gasteiger charge is -2.54. The maximum Gasteiger partial charge on any atom is 0.235 e. The molecule has 0 radical (unpaired) electrons. The van der Waals surface area contributed by atoms with E-state index in [0.29, 0.717) is 17.9 Å². The molecular formula is C32H38FN3O7. The zero-order valence-corrected chi connectivity index (χ0v) is 24.3. The molecule has 1 aromatic carbocycles. The van der Waals surface area contributed by atoms with E-state index in [2.05, 4.69) is 5.32 Å². The number of aromatic hydroxyl groups is 1. The molecule has 6 saturated carbocycles. The van der Waals surface area contributed by atoms with Gasteiger partial charge in [0.2, 0.25) is 5.91 Å². The van der Waals surface area contributed by atoms with E-state index in [-0.39, 0.29) is 36.1 Å². The number of rotatable bonds is 5. The molecule has 0 spiro atoms. The average molecular weight is 596 g/mol. The second-order valence-corrected chi connectivity index (χ2v) is 14.3. The van der Waals surface area contributed by atoms with E-state index >= 15 is 4.39 Å². The molecule has 230 valence electrons. The number of nitrogens with two attached hydrogens (primary N) is 1. The lowest BCUT2D eigenvalue weighted by Crippen LogP contribution is -2.74. The van der Waals surface area contributed by atoms with Gasteiger partial charge in [-0.1, -0.05) is 0 Å². The van der Waals surface area contributed by atoms with Gasteiger partial charge in [0.15, 0.2) is 34.7 Å². The number of benzene rings is 1. The summed E-state index contributed by atoms with van der Waals surface area (Å²) in [5.74, 6) is -9.39. The number of phenolic OH excluding ortho intramolecular Hbond substituents is 1. The number of amides is 1. The van der Waals surface area contributed by atoms with Crippen LogP contribution in [0, 0.1) is 53.2 Å². The third kappa shape index (κ3) is 3.96. The largest absolute Gasteiger partial charge is 0.507 e. The summed E-state index contributed by atoms with van der Waals surface area (Å²) in [6, 6.07) is 0.325. The van der Waals surface area contributed by atoms with Crippen LogP contribution in [-0.4, -0.2) is 75.9 Å². The molecular weight excluding hydrogens is 557 g/mol. The number of aliphatic hydroxyl groups is 1. The Morgan fingerprint density at radius 2 is 1.65 bits per heavy atom. The van der Waals surface area contributed by atoms with E-state index in [1.165, 1.54) is 57.2 Å². The third-order valence-electron chi connectivity index (χ3n) is 11.8. The van der Waals surface area contributed by atoms with E-state index in [4.69, 9.17) is 5.73 Å². The van der Waals surface area contributed by atoms with Crippen molar-refractivity contribution in [1.29, 1.82) is 0 Å². The van der Waals surface area contributed by atoms with E-state index in [1.54, 1.807) is 0 Å². The number of Topliss-reactive ketones (excluding diaryl/α,β-unsaturated/α-hetero) is 4. The fourth-order valence-electron chi connectivity index (χ4n) is 10.3. The van der Waals surface area contributed by atoms with Gasteiger partial charge in [0.25, 0.3) is 0 Å². The Bertz CT molecular complexity index is 1450. The molecule has 7 aliphatic rings. The summed E-state index contributed by atoms with van der Waals surface area (Å²) in [6.07, 6.45) is 5.91. The molecule has 7 aliphatic carbocycles. The molecule has 0 heterocycles. The first kappa shape index (κ1) is 28.7. The lowest BCUT2D eigenvalue weighted by atomic mass is 9.52. The second kappa shape index (κ2) is 9.74. The Labute approximate surface area is 248 Å². The van der Waals surface area contributed by atoms with Crippen LogP contribution in [0.3, 0.4) is 0 Å². The number of ketones is 4. The molecule has 1 amide bonds. The molecule has 11 heteroatoms. The topological polar surface area (TPSA) is 167 Å². The van der Waals surface area contributed by atoms with Gasteiger partial charge in [0, 0.05) is 29.6 Å². The van der Waals surface area contributed by atoms with Crippen LogP contribution in [-0.2, 0) is 32.1 Å². The molecule has 6 atom stereocenters. The normalized spacial score (nSPS) is 41.3. The second-order valence-electron chi connectivity index (χ2n) is 14.3. The summed E-state index contributed by atoms with van der Waals surface area (Å²) in [5, 5.41) is 26.2. The third-order valence-corrected chi connectivity index (χ3v) is 11.8. The van der Waals surface area contributed by atoms with E-state index < -0.39 is 75.9 Å². The highest BCUT2D eigenvalue weighted by Crippen LogP contribution is 2.54. The molecule has 1 aromatic rings. The van der Waals surface area contributed by atoms with Gasteiger partial charge in [-0.2, -0.15) is 0 Å². The molecule has 4 bridgehead atoms. The summed E-state index contributed by atoms with van der Waals surface area (Å²) in [4.78, 5) is 67.8. The number of likely N-dealkylation sites (N-methyl/N-ethyl adjacent to an activating group) is 1. The number of nitrogens with one attached hydrogen (secondary N) is 1. The number of carbonyl (C=O) groups excluding carboxylic acids is 5. The van der Waals surface area contributed by atoms with Crippen molar-refractivity contribution in [2.75, 3.05) is 14.1 Å². The molecule has 8 rings (SSSR count). The van der Waals surface area contributed by atoms with Gasteiger partial charge >= 0.3 is 0 Å². The maximum atomic E-state index is 16.1. The Morgan fingerprint density at radius 3 is 2.23 bits per heavy atom. The number of phenols is 1. The SMILES string of the molecule is CN(C)[C@@H]1C(=O)C(C(N)=O)C(=O)[C@@]2(O)C(=O)C3C(=O)c4c(O)cc(CNC5C6CC7CC(C6)CC5C7)c(F)c4C[C@H]3C[C@@H]12. The molecule has 2 unspecified atom stereocenters. The van der Waals surface area contributed by atoms with Gasteiger partial charge in [-0.05, 0) is 94.7 Å². The minimum Gasteiger partial charge on any atom is -0.507 e. The zero-order valence-electron chi connectivity index (χ0n) is 24.3. The average Bonchev–Trinajstić information content (AvgIpc) is 2.92. The standard InChI is InChI=1S/C32H38FN3O7/c1-36(2)26-19-9-14-8-18-22(27(38)21(14)29(40)32(19,43)30(41)23(28(26)39)31(34)42)20(37)10-17(24(18)33)11-35-25-15-4-12-3-13(6-15)7-16(25)5-12/h10,12-16,19,21,23,25-26,35,37,43H,3-9,11H2,1-2H3,(H2,34,42)/t12?,13?,14-,15?,16?,19-,21?,23?,25?,26-,32-/m0/s1. The van der Waals surface area contributed by atoms with Gasteiger partial charge < -0.3 is 21.3 Å². The first-order valence-corrected chi connectivity index (χ1v) is 15.4. The van der Waals surface area contributed by atoms with Crippen LogP contribution < -0.4 is 11.1 Å². The van der Waals surface area contributed by atoms with E-state index in [9.17, 15) is 34.2 Å². The van der Waals surface area contributed by atoms with Crippen molar-refractivity contribution < 1.29 is 38.6 Å². The van der Waals surface area contributed by atoms with Gasteiger partial charge in [-0.3, -0.25) is 28.9 Å². The molecule has 10 nitrogen and oxygen atoms in total.